The number of anilines is 1. The predicted molar refractivity (Wildman–Crippen MR) is 86.1 cm³/mol. The van der Waals surface area contributed by atoms with Crippen LogP contribution in [0.25, 0.3) is 0 Å². The van der Waals surface area contributed by atoms with E-state index in [1.165, 1.54) is 37.9 Å². The van der Waals surface area contributed by atoms with Gasteiger partial charge in [-0.3, -0.25) is 0 Å². The van der Waals surface area contributed by atoms with E-state index in [1.807, 2.05) is 0 Å². The summed E-state index contributed by atoms with van der Waals surface area (Å²) in [5.41, 5.74) is 2.31. The molecule has 0 unspecified atom stereocenters. The zero-order valence-electron chi connectivity index (χ0n) is 11.8. The van der Waals surface area contributed by atoms with Crippen molar-refractivity contribution in [2.45, 2.75) is 43.4 Å². The lowest BCUT2D eigenvalue weighted by atomic mass is 10.0. The molecule has 1 saturated carbocycles. The number of hydrogen-bond acceptors (Lipinski definition) is 5. The van der Waals surface area contributed by atoms with Crippen LogP contribution in [0.4, 0.5) is 5.82 Å². The van der Waals surface area contributed by atoms with E-state index in [1.54, 1.807) is 0 Å². The first-order valence-corrected chi connectivity index (χ1v) is 9.42. The zero-order valence-corrected chi connectivity index (χ0v) is 14.2. The minimum Gasteiger partial charge on any atom is -0.307 e. The van der Waals surface area contributed by atoms with Crippen molar-refractivity contribution in [3.63, 3.8) is 0 Å². The minimum atomic E-state index is -3.61. The first-order chi connectivity index (χ1) is 10.0. The summed E-state index contributed by atoms with van der Waals surface area (Å²) in [5, 5.41) is 0. The van der Waals surface area contributed by atoms with Gasteiger partial charge in [0.1, 0.15) is 4.90 Å². The van der Waals surface area contributed by atoms with E-state index in [2.05, 4.69) is 31.1 Å². The van der Waals surface area contributed by atoms with Crippen LogP contribution in [0, 0.1) is 5.92 Å². The Bertz CT molecular complexity index is 574. The molecule has 0 saturated heterocycles. The number of hydrazine groups is 1. The number of nitrogens with zero attached hydrogens (tertiary/aromatic N) is 1. The molecule has 1 heterocycles. The topological polar surface area (TPSA) is 97.1 Å². The molecule has 2 rings (SSSR count). The Morgan fingerprint density at radius 2 is 2.10 bits per heavy atom. The number of pyridine rings is 1. The summed E-state index contributed by atoms with van der Waals surface area (Å²) >= 11 is 3.22. The smallest absolute Gasteiger partial charge is 0.244 e. The lowest BCUT2D eigenvalue weighted by molar-refractivity contribution is 0.480. The summed E-state index contributed by atoms with van der Waals surface area (Å²) in [7, 11) is -3.61. The van der Waals surface area contributed by atoms with Crippen molar-refractivity contribution in [3.05, 3.63) is 16.7 Å². The highest BCUT2D eigenvalue weighted by atomic mass is 79.9. The van der Waals surface area contributed by atoms with Crippen LogP contribution in [-0.2, 0) is 10.0 Å². The molecule has 0 spiro atoms. The van der Waals surface area contributed by atoms with Gasteiger partial charge >= 0.3 is 0 Å². The van der Waals surface area contributed by atoms with Crippen LogP contribution in [-0.4, -0.2) is 19.9 Å². The summed E-state index contributed by atoms with van der Waals surface area (Å²) in [6.07, 6.45) is 8.62. The van der Waals surface area contributed by atoms with Crippen LogP contribution in [0.2, 0.25) is 0 Å². The highest BCUT2D eigenvalue weighted by Gasteiger charge is 2.20. The van der Waals surface area contributed by atoms with Crippen molar-refractivity contribution in [2.24, 2.45) is 11.8 Å². The number of rotatable bonds is 7. The first kappa shape index (κ1) is 16.7. The lowest BCUT2D eigenvalue weighted by Gasteiger charge is -2.12. The summed E-state index contributed by atoms with van der Waals surface area (Å²) in [6, 6.07) is 1.49. The second-order valence-corrected chi connectivity index (χ2v) is 7.99. The van der Waals surface area contributed by atoms with Gasteiger partial charge in [-0.2, -0.15) is 0 Å². The standard InChI is InChI=1S/C13H21BrN4O2S/c14-11-8-12(13(18-15)16-9-11)21(19,20)17-7-3-6-10-4-1-2-5-10/h8-10,17H,1-7,15H2,(H,16,18). The largest absolute Gasteiger partial charge is 0.307 e. The maximum atomic E-state index is 12.3. The summed E-state index contributed by atoms with van der Waals surface area (Å²) in [4.78, 5) is 4.01. The van der Waals surface area contributed by atoms with Crippen molar-refractivity contribution in [1.29, 1.82) is 0 Å². The fourth-order valence-corrected chi connectivity index (χ4v) is 4.41. The fourth-order valence-electron chi connectivity index (χ4n) is 2.71. The number of nitrogens with one attached hydrogen (secondary N) is 2. The van der Waals surface area contributed by atoms with Crippen molar-refractivity contribution in [3.8, 4) is 0 Å². The molecular weight excluding hydrogens is 356 g/mol. The molecule has 1 fully saturated rings. The molecule has 6 nitrogen and oxygen atoms in total. The van der Waals surface area contributed by atoms with Crippen LogP contribution in [0.1, 0.15) is 38.5 Å². The SMILES string of the molecule is NNc1ncc(Br)cc1S(=O)(=O)NCCCC1CCCC1. The quantitative estimate of drug-likeness (QED) is 0.385. The average molecular weight is 377 g/mol. The Morgan fingerprint density at radius 1 is 1.38 bits per heavy atom. The molecule has 0 aliphatic heterocycles. The molecule has 1 aliphatic rings. The van der Waals surface area contributed by atoms with Crippen molar-refractivity contribution in [2.75, 3.05) is 12.0 Å². The Hall–Kier alpha value is -0.700. The summed E-state index contributed by atoms with van der Waals surface area (Å²) in [5.74, 6) is 6.22. The van der Waals surface area contributed by atoms with E-state index in [0.29, 0.717) is 11.0 Å². The number of nitrogens with two attached hydrogens (primary N) is 1. The predicted octanol–water partition coefficient (Wildman–Crippen LogP) is 2.38. The van der Waals surface area contributed by atoms with Crippen LogP contribution in [0.15, 0.2) is 21.6 Å². The molecule has 0 radical (unpaired) electrons. The number of aromatic nitrogens is 1. The van der Waals surface area contributed by atoms with E-state index < -0.39 is 10.0 Å². The molecule has 8 heteroatoms. The Balaban J connectivity index is 1.93. The van der Waals surface area contributed by atoms with Crippen LogP contribution in [0.5, 0.6) is 0 Å². The second kappa shape index (κ2) is 7.53. The number of halogens is 1. The van der Waals surface area contributed by atoms with Gasteiger partial charge in [0.2, 0.25) is 10.0 Å². The third kappa shape index (κ3) is 4.64. The minimum absolute atomic E-state index is 0.0558. The van der Waals surface area contributed by atoms with E-state index in [4.69, 9.17) is 5.84 Å². The third-order valence-corrected chi connectivity index (χ3v) is 5.71. The van der Waals surface area contributed by atoms with Crippen LogP contribution < -0.4 is 16.0 Å². The van der Waals surface area contributed by atoms with E-state index in [-0.39, 0.29) is 10.7 Å². The zero-order chi connectivity index (χ0) is 15.3. The fraction of sp³-hybridized carbons (Fsp3) is 0.615. The number of hydrogen-bond donors (Lipinski definition) is 3. The molecule has 1 aromatic heterocycles. The van der Waals surface area contributed by atoms with E-state index in [0.717, 1.165) is 18.8 Å². The van der Waals surface area contributed by atoms with E-state index >= 15 is 0 Å². The lowest BCUT2D eigenvalue weighted by Crippen LogP contribution is -2.27. The normalized spacial score (nSPS) is 16.3. The monoisotopic (exact) mass is 376 g/mol. The number of nitrogen functional groups attached to an aromatic ring is 1. The third-order valence-electron chi connectivity index (χ3n) is 3.80. The summed E-state index contributed by atoms with van der Waals surface area (Å²) in [6.45, 7) is 0.440. The maximum Gasteiger partial charge on any atom is 0.244 e. The molecular formula is C13H21BrN4O2S. The molecule has 118 valence electrons. The van der Waals surface area contributed by atoms with Crippen molar-refractivity contribution in [1.82, 2.24) is 9.71 Å². The molecule has 0 atom stereocenters. The Labute approximate surface area is 134 Å². The van der Waals surface area contributed by atoms with Gasteiger partial charge in [0.05, 0.1) is 0 Å². The van der Waals surface area contributed by atoms with Crippen LogP contribution in [0.3, 0.4) is 0 Å². The second-order valence-electron chi connectivity index (χ2n) is 5.34. The Kier molecular flexibility index (Phi) is 5.98. The van der Waals surface area contributed by atoms with Gasteiger partial charge in [0.15, 0.2) is 5.82 Å². The average Bonchev–Trinajstić information content (AvgIpc) is 2.97. The highest BCUT2D eigenvalue weighted by Crippen LogP contribution is 2.28. The number of sulfonamides is 1. The molecule has 0 bridgehead atoms. The van der Waals surface area contributed by atoms with Gasteiger partial charge in [-0.05, 0) is 40.8 Å². The van der Waals surface area contributed by atoms with Gasteiger partial charge < -0.3 is 5.43 Å². The molecule has 0 aromatic carbocycles. The van der Waals surface area contributed by atoms with Gasteiger partial charge in [-0.25, -0.2) is 24.0 Å². The van der Waals surface area contributed by atoms with Crippen molar-refractivity contribution >= 4 is 31.8 Å². The van der Waals surface area contributed by atoms with Gasteiger partial charge in [0, 0.05) is 17.2 Å². The van der Waals surface area contributed by atoms with E-state index in [9.17, 15) is 8.42 Å². The molecule has 1 aliphatic carbocycles. The highest BCUT2D eigenvalue weighted by molar-refractivity contribution is 9.10. The summed E-state index contributed by atoms with van der Waals surface area (Å²) < 4.78 is 27.8. The van der Waals surface area contributed by atoms with Crippen LogP contribution >= 0.6 is 15.9 Å². The molecule has 1 aromatic rings. The molecule has 21 heavy (non-hydrogen) atoms. The Morgan fingerprint density at radius 3 is 2.76 bits per heavy atom. The van der Waals surface area contributed by atoms with Gasteiger partial charge in [-0.15, -0.1) is 0 Å². The molecule has 0 amide bonds. The first-order valence-electron chi connectivity index (χ1n) is 7.15. The van der Waals surface area contributed by atoms with Gasteiger partial charge in [-0.1, -0.05) is 25.7 Å². The molecule has 4 N–H and O–H groups in total. The van der Waals surface area contributed by atoms with Gasteiger partial charge in [0.25, 0.3) is 0 Å². The van der Waals surface area contributed by atoms with Crippen molar-refractivity contribution < 1.29 is 8.42 Å². The maximum absolute atomic E-state index is 12.3.